The third-order valence-electron chi connectivity index (χ3n) is 3.03. The highest BCUT2D eigenvalue weighted by molar-refractivity contribution is 7.91. The molecular formula is C10H19N5O2S. The molecule has 0 unspecified atom stereocenters. The first-order chi connectivity index (χ1) is 8.59. The fraction of sp³-hybridized carbons (Fsp3) is 0.800. The van der Waals surface area contributed by atoms with Crippen molar-refractivity contribution in [3.8, 4) is 0 Å². The van der Waals surface area contributed by atoms with Crippen molar-refractivity contribution in [1.29, 1.82) is 0 Å². The minimum atomic E-state index is -2.79. The largest absolute Gasteiger partial charge is 0.314 e. The highest BCUT2D eigenvalue weighted by Gasteiger charge is 2.21. The lowest BCUT2D eigenvalue weighted by molar-refractivity contribution is 0.277. The zero-order chi connectivity index (χ0) is 13.0. The molecule has 0 aliphatic carbocycles. The molecular weight excluding hydrogens is 254 g/mol. The Bertz CT molecular complexity index is 470. The molecule has 0 aromatic carbocycles. The van der Waals surface area contributed by atoms with E-state index in [2.05, 4.69) is 20.5 Å². The van der Waals surface area contributed by atoms with Crippen LogP contribution in [0.3, 0.4) is 0 Å². The summed E-state index contributed by atoms with van der Waals surface area (Å²) >= 11 is 0. The highest BCUT2D eigenvalue weighted by Crippen LogP contribution is 2.03. The number of sulfone groups is 1. The standard InChI is InChI=1S/C10H19N5O2S/c1-11-8-10-9-15(13-12-10)3-2-14-4-6-18(16,17)7-5-14/h9,11H,2-8H2,1H3. The van der Waals surface area contributed by atoms with Crippen LogP contribution in [-0.4, -0.2) is 66.5 Å². The van der Waals surface area contributed by atoms with Crippen LogP contribution in [0.2, 0.25) is 0 Å². The monoisotopic (exact) mass is 273 g/mol. The van der Waals surface area contributed by atoms with Crippen LogP contribution in [0.25, 0.3) is 0 Å². The van der Waals surface area contributed by atoms with E-state index in [-0.39, 0.29) is 11.5 Å². The third-order valence-corrected chi connectivity index (χ3v) is 4.64. The van der Waals surface area contributed by atoms with Crippen LogP contribution in [0, 0.1) is 0 Å². The van der Waals surface area contributed by atoms with Crippen molar-refractivity contribution in [1.82, 2.24) is 25.2 Å². The number of rotatable bonds is 5. The number of nitrogens with one attached hydrogen (secondary N) is 1. The maximum Gasteiger partial charge on any atom is 0.152 e. The summed E-state index contributed by atoms with van der Waals surface area (Å²) in [7, 11) is -0.918. The SMILES string of the molecule is CNCc1cn(CCN2CCS(=O)(=O)CC2)nn1. The lowest BCUT2D eigenvalue weighted by Crippen LogP contribution is -2.41. The molecule has 0 radical (unpaired) electrons. The summed E-state index contributed by atoms with van der Waals surface area (Å²) in [6.45, 7) is 3.53. The van der Waals surface area contributed by atoms with Gasteiger partial charge < -0.3 is 5.32 Å². The molecule has 18 heavy (non-hydrogen) atoms. The van der Waals surface area contributed by atoms with Gasteiger partial charge in [-0.15, -0.1) is 5.10 Å². The van der Waals surface area contributed by atoms with Crippen LogP contribution < -0.4 is 5.32 Å². The van der Waals surface area contributed by atoms with E-state index in [0.717, 1.165) is 18.8 Å². The van der Waals surface area contributed by atoms with Crippen molar-refractivity contribution in [2.75, 3.05) is 38.2 Å². The van der Waals surface area contributed by atoms with Gasteiger partial charge in [0.15, 0.2) is 9.84 Å². The van der Waals surface area contributed by atoms with E-state index in [1.807, 2.05) is 13.2 Å². The molecule has 2 rings (SSSR count). The van der Waals surface area contributed by atoms with Gasteiger partial charge in [0.05, 0.1) is 23.7 Å². The second kappa shape index (κ2) is 5.77. The van der Waals surface area contributed by atoms with Crippen LogP contribution >= 0.6 is 0 Å². The van der Waals surface area contributed by atoms with Gasteiger partial charge in [-0.05, 0) is 7.05 Å². The molecule has 1 aliphatic heterocycles. The molecule has 1 aromatic rings. The Hall–Kier alpha value is -0.990. The predicted octanol–water partition coefficient (Wildman–Crippen LogP) is -1.27. The quantitative estimate of drug-likeness (QED) is 0.720. The van der Waals surface area contributed by atoms with Crippen molar-refractivity contribution in [3.63, 3.8) is 0 Å². The van der Waals surface area contributed by atoms with Gasteiger partial charge in [0, 0.05) is 32.4 Å². The summed E-state index contributed by atoms with van der Waals surface area (Å²) in [6.07, 6.45) is 1.91. The molecule has 102 valence electrons. The fourth-order valence-electron chi connectivity index (χ4n) is 1.93. The number of nitrogens with zero attached hydrogens (tertiary/aromatic N) is 4. The molecule has 1 saturated heterocycles. The van der Waals surface area contributed by atoms with Crippen LogP contribution in [0.1, 0.15) is 5.69 Å². The van der Waals surface area contributed by atoms with E-state index in [1.54, 1.807) is 4.68 Å². The Morgan fingerprint density at radius 1 is 1.33 bits per heavy atom. The maximum absolute atomic E-state index is 11.3. The Labute approximate surface area is 107 Å². The molecule has 1 aliphatic rings. The van der Waals surface area contributed by atoms with Crippen LogP contribution in [0.5, 0.6) is 0 Å². The Balaban J connectivity index is 1.77. The summed E-state index contributed by atoms with van der Waals surface area (Å²) in [5.74, 6) is 0.546. The molecule has 1 aromatic heterocycles. The highest BCUT2D eigenvalue weighted by atomic mass is 32.2. The zero-order valence-electron chi connectivity index (χ0n) is 10.5. The Morgan fingerprint density at radius 3 is 2.72 bits per heavy atom. The molecule has 0 saturated carbocycles. The molecule has 0 spiro atoms. The molecule has 0 bridgehead atoms. The first-order valence-electron chi connectivity index (χ1n) is 6.05. The van der Waals surface area contributed by atoms with E-state index in [4.69, 9.17) is 0 Å². The summed E-state index contributed by atoms with van der Waals surface area (Å²) < 4.78 is 24.4. The molecule has 8 heteroatoms. The molecule has 1 fully saturated rings. The summed E-state index contributed by atoms with van der Waals surface area (Å²) in [5.41, 5.74) is 0.915. The summed E-state index contributed by atoms with van der Waals surface area (Å²) in [6, 6.07) is 0. The lowest BCUT2D eigenvalue weighted by Gasteiger charge is -2.26. The van der Waals surface area contributed by atoms with E-state index in [1.165, 1.54) is 0 Å². The zero-order valence-corrected chi connectivity index (χ0v) is 11.4. The van der Waals surface area contributed by atoms with Gasteiger partial charge in [-0.1, -0.05) is 5.21 Å². The Morgan fingerprint density at radius 2 is 2.06 bits per heavy atom. The van der Waals surface area contributed by atoms with Crippen molar-refractivity contribution in [2.45, 2.75) is 13.1 Å². The van der Waals surface area contributed by atoms with E-state index in [0.29, 0.717) is 19.6 Å². The minimum Gasteiger partial charge on any atom is -0.314 e. The number of hydrogen-bond donors (Lipinski definition) is 1. The van der Waals surface area contributed by atoms with Gasteiger partial charge in [-0.25, -0.2) is 8.42 Å². The average molecular weight is 273 g/mol. The van der Waals surface area contributed by atoms with Gasteiger partial charge in [0.1, 0.15) is 0 Å². The van der Waals surface area contributed by atoms with E-state index < -0.39 is 9.84 Å². The number of hydrogen-bond acceptors (Lipinski definition) is 6. The second-order valence-corrected chi connectivity index (χ2v) is 6.80. The number of aromatic nitrogens is 3. The van der Waals surface area contributed by atoms with Gasteiger partial charge in [0.2, 0.25) is 0 Å². The van der Waals surface area contributed by atoms with Crippen molar-refractivity contribution >= 4 is 9.84 Å². The van der Waals surface area contributed by atoms with Crippen molar-refractivity contribution in [2.24, 2.45) is 0 Å². The van der Waals surface area contributed by atoms with Gasteiger partial charge in [0.25, 0.3) is 0 Å². The topological polar surface area (TPSA) is 80.1 Å². The summed E-state index contributed by atoms with van der Waals surface area (Å²) in [5, 5.41) is 11.1. The van der Waals surface area contributed by atoms with Crippen LogP contribution in [0.4, 0.5) is 0 Å². The fourth-order valence-corrected chi connectivity index (χ4v) is 3.20. The van der Waals surface area contributed by atoms with Crippen molar-refractivity contribution < 1.29 is 8.42 Å². The molecule has 0 amide bonds. The maximum atomic E-state index is 11.3. The van der Waals surface area contributed by atoms with Gasteiger partial charge >= 0.3 is 0 Å². The minimum absolute atomic E-state index is 0.273. The van der Waals surface area contributed by atoms with E-state index in [9.17, 15) is 8.42 Å². The van der Waals surface area contributed by atoms with Crippen molar-refractivity contribution in [3.05, 3.63) is 11.9 Å². The van der Waals surface area contributed by atoms with Gasteiger partial charge in [-0.2, -0.15) is 0 Å². The molecule has 2 heterocycles. The Kier molecular flexibility index (Phi) is 4.31. The molecule has 1 N–H and O–H groups in total. The third kappa shape index (κ3) is 3.76. The second-order valence-electron chi connectivity index (χ2n) is 4.50. The molecule has 0 atom stereocenters. The first-order valence-corrected chi connectivity index (χ1v) is 7.87. The molecule has 7 nitrogen and oxygen atoms in total. The predicted molar refractivity (Wildman–Crippen MR) is 67.9 cm³/mol. The first kappa shape index (κ1) is 13.4. The van der Waals surface area contributed by atoms with Gasteiger partial charge in [-0.3, -0.25) is 9.58 Å². The normalized spacial score (nSPS) is 20.1. The lowest BCUT2D eigenvalue weighted by atomic mass is 10.4. The van der Waals surface area contributed by atoms with E-state index >= 15 is 0 Å². The average Bonchev–Trinajstić information content (AvgIpc) is 2.76. The van der Waals surface area contributed by atoms with Crippen LogP contribution in [-0.2, 0) is 22.9 Å². The summed E-state index contributed by atoms with van der Waals surface area (Å²) in [4.78, 5) is 2.15. The smallest absolute Gasteiger partial charge is 0.152 e. The van der Waals surface area contributed by atoms with Crippen LogP contribution in [0.15, 0.2) is 6.20 Å².